The molecule has 1 heterocycles. The third-order valence-electron chi connectivity index (χ3n) is 4.67. The predicted octanol–water partition coefficient (Wildman–Crippen LogP) is 2.70. The van der Waals surface area contributed by atoms with Crippen LogP contribution in [0.2, 0.25) is 0 Å². The quantitative estimate of drug-likeness (QED) is 0.601. The molecule has 0 spiro atoms. The van der Waals surface area contributed by atoms with E-state index in [-0.39, 0.29) is 12.1 Å². The Morgan fingerprint density at radius 2 is 1.96 bits per heavy atom. The summed E-state index contributed by atoms with van der Waals surface area (Å²) in [6.07, 6.45) is 1.17. The van der Waals surface area contributed by atoms with E-state index in [1.807, 2.05) is 0 Å². The summed E-state index contributed by atoms with van der Waals surface area (Å²) in [6.45, 7) is 3.90. The van der Waals surface area contributed by atoms with Gasteiger partial charge in [0.15, 0.2) is 11.4 Å². The second-order valence-electron chi connectivity index (χ2n) is 6.25. The van der Waals surface area contributed by atoms with Gasteiger partial charge in [0.2, 0.25) is 0 Å². The van der Waals surface area contributed by atoms with Crippen molar-refractivity contribution in [1.29, 1.82) is 0 Å². The Morgan fingerprint density at radius 1 is 1.22 bits per heavy atom. The molecule has 6 heteroatoms. The molecule has 3 rings (SSSR count). The third-order valence-corrected chi connectivity index (χ3v) is 4.67. The minimum atomic E-state index is -1.94. The molecule has 1 aliphatic heterocycles. The first-order valence-electron chi connectivity index (χ1n) is 8.46. The third kappa shape index (κ3) is 3.08. The molecular formula is C21H21NO5. The van der Waals surface area contributed by atoms with Gasteiger partial charge in [0.05, 0.1) is 31.9 Å². The van der Waals surface area contributed by atoms with Gasteiger partial charge in [-0.05, 0) is 24.3 Å². The molecule has 0 fully saturated rings. The molecule has 0 radical (unpaired) electrons. The maximum Gasteiger partial charge on any atom is 0.264 e. The van der Waals surface area contributed by atoms with Gasteiger partial charge in [-0.15, -0.1) is 6.58 Å². The first-order chi connectivity index (χ1) is 13.0. The van der Waals surface area contributed by atoms with Crippen LogP contribution in [0.25, 0.3) is 0 Å². The number of ether oxygens (including phenoxy) is 2. The Labute approximate surface area is 157 Å². The van der Waals surface area contributed by atoms with Crippen LogP contribution in [0.3, 0.4) is 0 Å². The summed E-state index contributed by atoms with van der Waals surface area (Å²) in [5.41, 5.74) is -0.704. The molecular weight excluding hydrogens is 346 g/mol. The van der Waals surface area contributed by atoms with Gasteiger partial charge in [0.1, 0.15) is 11.5 Å². The Morgan fingerprint density at radius 3 is 2.63 bits per heavy atom. The Hall–Kier alpha value is -3.12. The number of ketones is 1. The van der Waals surface area contributed by atoms with Crippen LogP contribution in [0.4, 0.5) is 5.69 Å². The average Bonchev–Trinajstić information content (AvgIpc) is 2.90. The zero-order chi connectivity index (χ0) is 19.6. The average molecular weight is 367 g/mol. The molecule has 140 valence electrons. The van der Waals surface area contributed by atoms with E-state index in [1.165, 1.54) is 25.2 Å². The summed E-state index contributed by atoms with van der Waals surface area (Å²) >= 11 is 0. The molecule has 0 unspecified atom stereocenters. The highest BCUT2D eigenvalue weighted by Gasteiger charge is 2.50. The van der Waals surface area contributed by atoms with Gasteiger partial charge in [-0.1, -0.05) is 24.3 Å². The summed E-state index contributed by atoms with van der Waals surface area (Å²) in [6, 6.07) is 11.7. The van der Waals surface area contributed by atoms with Crippen molar-refractivity contribution >= 4 is 17.4 Å². The van der Waals surface area contributed by atoms with Crippen LogP contribution in [0.15, 0.2) is 55.1 Å². The summed E-state index contributed by atoms with van der Waals surface area (Å²) in [4.78, 5) is 27.4. The topological polar surface area (TPSA) is 76.1 Å². The van der Waals surface area contributed by atoms with E-state index in [9.17, 15) is 14.7 Å². The molecule has 6 nitrogen and oxygen atoms in total. The van der Waals surface area contributed by atoms with Crippen LogP contribution in [0.5, 0.6) is 11.5 Å². The maximum absolute atomic E-state index is 13.0. The number of rotatable bonds is 7. The van der Waals surface area contributed by atoms with Crippen molar-refractivity contribution in [1.82, 2.24) is 0 Å². The molecule has 1 amide bonds. The van der Waals surface area contributed by atoms with E-state index in [0.29, 0.717) is 22.7 Å². The van der Waals surface area contributed by atoms with E-state index in [2.05, 4.69) is 6.58 Å². The van der Waals surface area contributed by atoms with Crippen molar-refractivity contribution in [3.05, 3.63) is 66.2 Å². The zero-order valence-corrected chi connectivity index (χ0v) is 15.3. The number of fused-ring (bicyclic) bond motifs is 1. The molecule has 0 saturated carbocycles. The van der Waals surface area contributed by atoms with Gasteiger partial charge in [0, 0.05) is 12.1 Å². The second kappa shape index (κ2) is 7.25. The number of carbonyl (C=O) groups is 2. The summed E-state index contributed by atoms with van der Waals surface area (Å²) < 4.78 is 10.4. The number of amides is 1. The minimum Gasteiger partial charge on any atom is -0.497 e. The van der Waals surface area contributed by atoms with Crippen molar-refractivity contribution < 1.29 is 24.2 Å². The van der Waals surface area contributed by atoms with E-state index < -0.39 is 23.7 Å². The number of aliphatic hydroxyl groups is 1. The van der Waals surface area contributed by atoms with Crippen molar-refractivity contribution in [3.63, 3.8) is 0 Å². The fourth-order valence-electron chi connectivity index (χ4n) is 3.35. The molecule has 1 atom stereocenters. The summed E-state index contributed by atoms with van der Waals surface area (Å²) in [5, 5.41) is 11.2. The van der Waals surface area contributed by atoms with E-state index in [0.717, 1.165) is 0 Å². The van der Waals surface area contributed by atoms with E-state index in [4.69, 9.17) is 9.47 Å². The number of methoxy groups -OCH3 is 2. The fourth-order valence-corrected chi connectivity index (χ4v) is 3.35. The van der Waals surface area contributed by atoms with Gasteiger partial charge < -0.3 is 19.5 Å². The number of para-hydroxylation sites is 1. The lowest BCUT2D eigenvalue weighted by molar-refractivity contribution is -0.135. The molecule has 2 aromatic rings. The molecule has 0 saturated heterocycles. The SMILES string of the molecule is C=CCN1C(=O)[C@](O)(CC(=O)c2cc(OC)ccc2OC)c2ccccc21. The van der Waals surface area contributed by atoms with Gasteiger partial charge in [-0.25, -0.2) is 0 Å². The first kappa shape index (κ1) is 18.7. The molecule has 1 N–H and O–H groups in total. The molecule has 1 aliphatic rings. The van der Waals surface area contributed by atoms with E-state index in [1.54, 1.807) is 42.5 Å². The lowest BCUT2D eigenvalue weighted by atomic mass is 9.88. The predicted molar refractivity (Wildman–Crippen MR) is 101 cm³/mol. The lowest BCUT2D eigenvalue weighted by Crippen LogP contribution is -2.42. The molecule has 2 aromatic carbocycles. The van der Waals surface area contributed by atoms with Crippen LogP contribution in [0.1, 0.15) is 22.3 Å². The maximum atomic E-state index is 13.0. The normalized spacial score (nSPS) is 18.2. The van der Waals surface area contributed by atoms with Crippen molar-refractivity contribution in [3.8, 4) is 11.5 Å². The minimum absolute atomic E-state index is 0.245. The Balaban J connectivity index is 2.01. The Bertz CT molecular complexity index is 907. The standard InChI is InChI=1S/C21H21NO5/c1-4-11-22-17-8-6-5-7-16(17)21(25,20(22)24)13-18(23)15-12-14(26-2)9-10-19(15)27-3/h4-10,12,25H,1,11,13H2,2-3H3/t21-/m0/s1. The number of benzene rings is 2. The van der Waals surface area contributed by atoms with Crippen LogP contribution >= 0.6 is 0 Å². The van der Waals surface area contributed by atoms with E-state index >= 15 is 0 Å². The van der Waals surface area contributed by atoms with Crippen LogP contribution < -0.4 is 14.4 Å². The second-order valence-corrected chi connectivity index (χ2v) is 6.25. The number of Topliss-reactive ketones (excluding diaryl/α,β-unsaturated/α-hetero) is 1. The lowest BCUT2D eigenvalue weighted by Gasteiger charge is -2.22. The first-order valence-corrected chi connectivity index (χ1v) is 8.46. The summed E-state index contributed by atoms with van der Waals surface area (Å²) in [7, 11) is 2.95. The molecule has 0 aromatic heterocycles. The monoisotopic (exact) mass is 367 g/mol. The number of hydrogen-bond donors (Lipinski definition) is 1. The highest BCUT2D eigenvalue weighted by molar-refractivity contribution is 6.11. The number of carbonyl (C=O) groups excluding carboxylic acids is 2. The number of nitrogens with zero attached hydrogens (tertiary/aromatic N) is 1. The van der Waals surface area contributed by atoms with Crippen LogP contribution in [0, 0.1) is 0 Å². The van der Waals surface area contributed by atoms with Gasteiger partial charge in [-0.2, -0.15) is 0 Å². The molecule has 0 bridgehead atoms. The number of anilines is 1. The molecule has 27 heavy (non-hydrogen) atoms. The van der Waals surface area contributed by atoms with Crippen LogP contribution in [-0.2, 0) is 10.4 Å². The van der Waals surface area contributed by atoms with Gasteiger partial charge in [0.25, 0.3) is 5.91 Å². The highest BCUT2D eigenvalue weighted by Crippen LogP contribution is 2.43. The zero-order valence-electron chi connectivity index (χ0n) is 15.3. The van der Waals surface area contributed by atoms with Crippen LogP contribution in [-0.4, -0.2) is 37.6 Å². The summed E-state index contributed by atoms with van der Waals surface area (Å²) in [5.74, 6) is -0.126. The fraction of sp³-hybridized carbons (Fsp3) is 0.238. The largest absolute Gasteiger partial charge is 0.497 e. The van der Waals surface area contributed by atoms with Crippen molar-refractivity contribution in [2.45, 2.75) is 12.0 Å². The highest BCUT2D eigenvalue weighted by atomic mass is 16.5. The van der Waals surface area contributed by atoms with Gasteiger partial charge >= 0.3 is 0 Å². The van der Waals surface area contributed by atoms with Crippen molar-refractivity contribution in [2.24, 2.45) is 0 Å². The van der Waals surface area contributed by atoms with Gasteiger partial charge in [-0.3, -0.25) is 9.59 Å². The van der Waals surface area contributed by atoms with Crippen molar-refractivity contribution in [2.75, 3.05) is 25.7 Å². The molecule has 0 aliphatic carbocycles. The number of hydrogen-bond acceptors (Lipinski definition) is 5. The smallest absolute Gasteiger partial charge is 0.264 e. The Kier molecular flexibility index (Phi) is 5.01.